The summed E-state index contributed by atoms with van der Waals surface area (Å²) in [6.45, 7) is 21.6. The summed E-state index contributed by atoms with van der Waals surface area (Å²) in [7, 11) is -17.8. The van der Waals surface area contributed by atoms with Crippen LogP contribution >= 0.6 is 37.9 Å². The SMILES string of the molecule is C=P(O)(O)OC(C)(C)OC(=O)C(C)C.C=P(O)(O)OC(C)OC(=O)C(C)C.C=P(O)(O)OC1(OC(=O)C(C)C)CC1.C=P(O)(O)OCOC(=O)C(C)C.CC(C)C(=O)OCCOP(C)(=O)O. The van der Waals surface area contributed by atoms with E-state index >= 15 is 0 Å². The first-order valence-electron chi connectivity index (χ1n) is 19.6. The Morgan fingerprint density at radius 3 is 1.29 bits per heavy atom. The van der Waals surface area contributed by atoms with E-state index in [1.54, 1.807) is 69.2 Å². The zero-order valence-corrected chi connectivity index (χ0v) is 44.6. The molecule has 0 aromatic heterocycles. The van der Waals surface area contributed by atoms with E-state index in [9.17, 15) is 28.5 Å². The molecule has 1 fully saturated rings. The van der Waals surface area contributed by atoms with Gasteiger partial charge in [-0.25, -0.2) is 0 Å². The molecule has 25 nitrogen and oxygen atoms in total. The molecular weight excluding hydrogens is 987 g/mol. The van der Waals surface area contributed by atoms with Crippen LogP contribution in [0, 0.1) is 29.6 Å². The van der Waals surface area contributed by atoms with Crippen molar-refractivity contribution < 1.29 is 119 Å². The summed E-state index contributed by atoms with van der Waals surface area (Å²) >= 11 is 0. The Labute approximate surface area is 387 Å². The lowest BCUT2D eigenvalue weighted by Crippen LogP contribution is -2.32. The van der Waals surface area contributed by atoms with E-state index in [1.165, 1.54) is 20.8 Å². The van der Waals surface area contributed by atoms with Crippen molar-refractivity contribution in [2.45, 2.75) is 121 Å². The lowest BCUT2D eigenvalue weighted by atomic mass is 10.2. The van der Waals surface area contributed by atoms with Crippen LogP contribution in [0.25, 0.3) is 0 Å². The topological polar surface area (TPSA) is 377 Å². The zero-order chi connectivity index (χ0) is 53.5. The average Bonchev–Trinajstić information content (AvgIpc) is 3.80. The van der Waals surface area contributed by atoms with Crippen LogP contribution in [-0.4, -0.2) is 144 Å². The molecule has 9 N–H and O–H groups in total. The lowest BCUT2D eigenvalue weighted by Gasteiger charge is -2.28. The van der Waals surface area contributed by atoms with Gasteiger partial charge >= 0.3 is 37.4 Å². The number of carbonyl (C=O) groups excluding carboxylic acids is 5. The normalized spacial score (nSPS) is 14.9. The Morgan fingerprint density at radius 1 is 0.561 bits per heavy atom. The Balaban J connectivity index is -0.000000364. The molecular formula is C36H75O25P5. The van der Waals surface area contributed by atoms with Gasteiger partial charge in [-0.05, 0) is 32.1 Å². The van der Waals surface area contributed by atoms with Crippen molar-refractivity contribution in [2.24, 2.45) is 29.6 Å². The van der Waals surface area contributed by atoms with Gasteiger partial charge in [0.1, 0.15) is 6.61 Å². The summed E-state index contributed by atoms with van der Waals surface area (Å²) in [6, 6.07) is 0. The van der Waals surface area contributed by atoms with E-state index in [-0.39, 0.29) is 48.8 Å². The van der Waals surface area contributed by atoms with Gasteiger partial charge in [0.05, 0.1) is 36.2 Å². The van der Waals surface area contributed by atoms with E-state index in [0.29, 0.717) is 12.8 Å². The van der Waals surface area contributed by atoms with E-state index in [4.69, 9.17) is 72.0 Å². The molecule has 394 valence electrons. The van der Waals surface area contributed by atoms with Gasteiger partial charge in [-0.3, -0.25) is 46.6 Å². The van der Waals surface area contributed by atoms with Gasteiger partial charge in [-0.15, -0.1) is 0 Å². The summed E-state index contributed by atoms with van der Waals surface area (Å²) in [5.41, 5.74) is 0. The second-order valence-corrected chi connectivity index (χ2v) is 23.9. The Kier molecular flexibility index (Phi) is 33.7. The number of esters is 5. The Hall–Kier alpha value is -1.78. The molecule has 0 saturated heterocycles. The summed E-state index contributed by atoms with van der Waals surface area (Å²) in [5.74, 6) is -5.91. The lowest BCUT2D eigenvalue weighted by molar-refractivity contribution is -0.191. The molecule has 2 unspecified atom stereocenters. The van der Waals surface area contributed by atoms with E-state index in [2.05, 4.69) is 43.5 Å². The Bertz CT molecular complexity index is 1680. The molecule has 0 radical (unpaired) electrons. The molecule has 66 heavy (non-hydrogen) atoms. The van der Waals surface area contributed by atoms with Crippen LogP contribution in [0.15, 0.2) is 0 Å². The summed E-state index contributed by atoms with van der Waals surface area (Å²) in [4.78, 5) is 134. The van der Waals surface area contributed by atoms with Crippen molar-refractivity contribution in [1.29, 1.82) is 0 Å². The monoisotopic (exact) mass is 1060 g/mol. The van der Waals surface area contributed by atoms with Crippen LogP contribution in [0.3, 0.4) is 0 Å². The van der Waals surface area contributed by atoms with E-state index in [1.807, 2.05) is 0 Å². The molecule has 0 aliphatic heterocycles. The molecule has 1 aliphatic carbocycles. The second kappa shape index (κ2) is 31.4. The van der Waals surface area contributed by atoms with E-state index in [0.717, 1.165) is 6.66 Å². The molecule has 0 aromatic rings. The van der Waals surface area contributed by atoms with Crippen molar-refractivity contribution in [3.8, 4) is 0 Å². The largest absolute Gasteiger partial charge is 0.463 e. The highest BCUT2D eigenvalue weighted by atomic mass is 31.2. The average molecular weight is 1060 g/mol. The molecule has 1 rings (SSSR count). The summed E-state index contributed by atoms with van der Waals surface area (Å²) in [6.07, 6.45) is 12.0. The standard InChI is InChI=1S/C8H15O5P.C8H17O5P.2C7H15O5P.C6H13O5P/c1-6(2)7(9)12-8(4-5-8)13-14(3,10)11;1-6(2)7(9)12-8(3,4)13-14(5,10)11;1-6(2)7(8)11-4-5-12-13(3,9)10;1-5(2)7(8)11-6(3)12-13(4,9)10;1-5(2)6(7)10-4-11-12(3,8)9/h6,10-11H,3-5H2,1-2H3;6,10-11H,5H2,1-4H3;6H,4-5H2,1-3H3,(H,9,10);5-6,9-10H,4H2,1-3H3;5,8-9H,3-4H2,1-2H3. The smallest absolute Gasteiger partial charge is 0.325 e. The van der Waals surface area contributed by atoms with Crippen LogP contribution in [0.2, 0.25) is 0 Å². The van der Waals surface area contributed by atoms with Crippen LogP contribution < -0.4 is 0 Å². The van der Waals surface area contributed by atoms with Gasteiger partial charge < -0.3 is 72.2 Å². The first-order chi connectivity index (χ1) is 29.2. The van der Waals surface area contributed by atoms with E-state index < -0.39 is 86.4 Å². The molecule has 0 bridgehead atoms. The first kappa shape index (κ1) is 70.8. The molecule has 0 aromatic carbocycles. The number of carbonyl (C=O) groups is 5. The number of rotatable bonds is 21. The number of hydrogen-bond donors (Lipinski definition) is 9. The van der Waals surface area contributed by atoms with Crippen LogP contribution in [0.4, 0.5) is 0 Å². The Morgan fingerprint density at radius 2 is 0.970 bits per heavy atom. The minimum absolute atomic E-state index is 0.00933. The van der Waals surface area contributed by atoms with Crippen molar-refractivity contribution in [3.05, 3.63) is 0 Å². The van der Waals surface area contributed by atoms with Gasteiger partial charge in [0.15, 0.2) is 6.79 Å². The van der Waals surface area contributed by atoms with Crippen molar-refractivity contribution in [1.82, 2.24) is 0 Å². The van der Waals surface area contributed by atoms with Crippen LogP contribution in [0.1, 0.15) is 103 Å². The van der Waals surface area contributed by atoms with Crippen molar-refractivity contribution in [3.63, 3.8) is 0 Å². The maximum Gasteiger partial charge on any atom is 0.325 e. The van der Waals surface area contributed by atoms with Gasteiger partial charge in [-0.2, -0.15) is 0 Å². The van der Waals surface area contributed by atoms with Crippen LogP contribution in [-0.2, 0) is 74.8 Å². The number of ether oxygens (including phenoxy) is 5. The molecule has 0 heterocycles. The summed E-state index contributed by atoms with van der Waals surface area (Å²) in [5, 5.41) is 0. The summed E-state index contributed by atoms with van der Waals surface area (Å²) < 4.78 is 57.2. The fraction of sp³-hybridized carbons (Fsp3) is 0.750. The highest BCUT2D eigenvalue weighted by molar-refractivity contribution is 7.58. The molecule has 0 spiro atoms. The van der Waals surface area contributed by atoms with Gasteiger partial charge in [-0.1, -0.05) is 69.2 Å². The van der Waals surface area contributed by atoms with Crippen molar-refractivity contribution >= 4 is 92.9 Å². The van der Waals surface area contributed by atoms with Gasteiger partial charge in [0.2, 0.25) is 48.1 Å². The molecule has 30 heteroatoms. The molecule has 2 atom stereocenters. The third-order valence-corrected chi connectivity index (χ3v) is 9.22. The fourth-order valence-electron chi connectivity index (χ4n) is 3.02. The van der Waals surface area contributed by atoms with Crippen LogP contribution in [0.5, 0.6) is 0 Å². The second-order valence-electron chi connectivity index (χ2n) is 15.9. The van der Waals surface area contributed by atoms with Gasteiger partial charge in [0, 0.05) is 33.4 Å². The zero-order valence-electron chi connectivity index (χ0n) is 40.1. The predicted molar refractivity (Wildman–Crippen MR) is 250 cm³/mol. The highest BCUT2D eigenvalue weighted by Gasteiger charge is 2.51. The third kappa shape index (κ3) is 48.7. The predicted octanol–water partition coefficient (Wildman–Crippen LogP) is 4.07. The molecule has 1 saturated carbocycles. The minimum atomic E-state index is -3.65. The fourth-order valence-corrected chi connectivity index (χ4v) is 5.67. The first-order valence-corrected chi connectivity index (χ1v) is 28.8. The van der Waals surface area contributed by atoms with Crippen molar-refractivity contribution in [2.75, 3.05) is 26.7 Å². The quantitative estimate of drug-likeness (QED) is 0.0257. The number of hydrogen-bond acceptors (Lipinski definition) is 24. The minimum Gasteiger partial charge on any atom is -0.463 e. The molecule has 1 aliphatic rings. The molecule has 0 amide bonds. The maximum atomic E-state index is 11.2. The third-order valence-electron chi connectivity index (χ3n) is 6.05. The maximum absolute atomic E-state index is 11.2. The van der Waals surface area contributed by atoms with Gasteiger partial charge in [0.25, 0.3) is 0 Å². The highest BCUT2D eigenvalue weighted by Crippen LogP contribution is 2.52.